The third-order valence-corrected chi connectivity index (χ3v) is 4.72. The van der Waals surface area contributed by atoms with Crippen LogP contribution in [0.15, 0.2) is 0 Å². The number of nitrogens with zero attached hydrogens (tertiary/aromatic N) is 1. The number of fused-ring (bicyclic) bond motifs is 1. The first kappa shape index (κ1) is 15.2. The Morgan fingerprint density at radius 3 is 2.40 bits per heavy atom. The monoisotopic (exact) mass is 300 g/mol. The van der Waals surface area contributed by atoms with Gasteiger partial charge in [-0.15, -0.1) is 0 Å². The van der Waals surface area contributed by atoms with E-state index in [-0.39, 0.29) is 29.6 Å². The standard InChI is InChI=1S/C13H20N2O4S/c1-7(16)14-10(3-4-20-2)12(17)15-5-8-9(6-15)11(8)13(18)19/h8-11H,3-6H2,1-2H3,(H,14,16)(H,18,19)/t8-,9+,10-,11?/m0/s1. The molecule has 4 atom stereocenters. The van der Waals surface area contributed by atoms with Crippen molar-refractivity contribution in [2.45, 2.75) is 19.4 Å². The lowest BCUT2D eigenvalue weighted by Crippen LogP contribution is -2.48. The second-order valence-corrected chi connectivity index (χ2v) is 6.46. The zero-order valence-electron chi connectivity index (χ0n) is 11.7. The molecule has 1 saturated carbocycles. The van der Waals surface area contributed by atoms with Crippen molar-refractivity contribution in [3.63, 3.8) is 0 Å². The topological polar surface area (TPSA) is 86.7 Å². The first-order chi connectivity index (χ1) is 9.45. The lowest BCUT2D eigenvalue weighted by Gasteiger charge is -2.25. The maximum Gasteiger partial charge on any atom is 0.307 e. The summed E-state index contributed by atoms with van der Waals surface area (Å²) in [6, 6.07) is -0.485. The molecular formula is C13H20N2O4S. The quantitative estimate of drug-likeness (QED) is 0.723. The van der Waals surface area contributed by atoms with Crippen molar-refractivity contribution in [3.8, 4) is 0 Å². The van der Waals surface area contributed by atoms with E-state index in [1.54, 1.807) is 16.7 Å². The van der Waals surface area contributed by atoms with E-state index in [1.807, 2.05) is 6.26 Å². The first-order valence-corrected chi connectivity index (χ1v) is 8.12. The molecule has 1 heterocycles. The molecule has 2 amide bonds. The van der Waals surface area contributed by atoms with Gasteiger partial charge in [0.05, 0.1) is 5.92 Å². The number of carboxylic acids is 1. The van der Waals surface area contributed by atoms with E-state index in [1.165, 1.54) is 6.92 Å². The van der Waals surface area contributed by atoms with E-state index >= 15 is 0 Å². The average molecular weight is 300 g/mol. The number of nitrogens with one attached hydrogen (secondary N) is 1. The molecular weight excluding hydrogens is 280 g/mol. The fraction of sp³-hybridized carbons (Fsp3) is 0.769. The summed E-state index contributed by atoms with van der Waals surface area (Å²) in [5.41, 5.74) is 0. The minimum atomic E-state index is -0.757. The molecule has 1 aliphatic carbocycles. The number of aliphatic carboxylic acids is 1. The number of thioether (sulfide) groups is 1. The lowest BCUT2D eigenvalue weighted by molar-refractivity contribution is -0.141. The van der Waals surface area contributed by atoms with Crippen LogP contribution in [0.3, 0.4) is 0 Å². The van der Waals surface area contributed by atoms with Crippen molar-refractivity contribution in [1.82, 2.24) is 10.2 Å². The Balaban J connectivity index is 1.89. The summed E-state index contributed by atoms with van der Waals surface area (Å²) in [5, 5.41) is 11.7. The number of hydrogen-bond acceptors (Lipinski definition) is 4. The highest BCUT2D eigenvalue weighted by molar-refractivity contribution is 7.98. The predicted octanol–water partition coefficient (Wildman–Crippen LogP) is 0.0332. The van der Waals surface area contributed by atoms with Crippen LogP contribution in [0.1, 0.15) is 13.3 Å². The van der Waals surface area contributed by atoms with E-state index in [4.69, 9.17) is 5.11 Å². The Bertz CT molecular complexity index is 417. The third kappa shape index (κ3) is 3.08. The smallest absolute Gasteiger partial charge is 0.307 e. The molecule has 6 nitrogen and oxygen atoms in total. The Kier molecular flexibility index (Phi) is 4.57. The predicted molar refractivity (Wildman–Crippen MR) is 75.3 cm³/mol. The number of carbonyl (C=O) groups is 3. The summed E-state index contributed by atoms with van der Waals surface area (Å²) >= 11 is 1.63. The molecule has 0 bridgehead atoms. The van der Waals surface area contributed by atoms with Crippen LogP contribution in [-0.4, -0.2) is 58.9 Å². The fourth-order valence-corrected chi connectivity index (χ4v) is 3.50. The van der Waals surface area contributed by atoms with Crippen LogP contribution in [0.4, 0.5) is 0 Å². The summed E-state index contributed by atoms with van der Waals surface area (Å²) in [6.07, 6.45) is 2.56. The molecule has 2 fully saturated rings. The van der Waals surface area contributed by atoms with Gasteiger partial charge in [-0.25, -0.2) is 0 Å². The molecule has 2 N–H and O–H groups in total. The SMILES string of the molecule is CSCC[C@H](NC(C)=O)C(=O)N1C[C@@H]2C(C(=O)O)[C@@H]2C1. The van der Waals surface area contributed by atoms with Gasteiger partial charge >= 0.3 is 5.97 Å². The molecule has 1 unspecified atom stereocenters. The highest BCUT2D eigenvalue weighted by atomic mass is 32.2. The molecule has 1 saturated heterocycles. The van der Waals surface area contributed by atoms with Crippen molar-refractivity contribution >= 4 is 29.5 Å². The molecule has 7 heteroatoms. The second kappa shape index (κ2) is 6.03. The van der Waals surface area contributed by atoms with Gasteiger partial charge in [0.1, 0.15) is 6.04 Å². The van der Waals surface area contributed by atoms with E-state index < -0.39 is 12.0 Å². The van der Waals surface area contributed by atoms with E-state index in [2.05, 4.69) is 5.32 Å². The molecule has 0 aromatic heterocycles. The van der Waals surface area contributed by atoms with Gasteiger partial charge in [0.2, 0.25) is 11.8 Å². The number of hydrogen-bond donors (Lipinski definition) is 2. The van der Waals surface area contributed by atoms with Crippen molar-refractivity contribution in [1.29, 1.82) is 0 Å². The van der Waals surface area contributed by atoms with E-state index in [0.717, 1.165) is 5.75 Å². The van der Waals surface area contributed by atoms with Crippen LogP contribution < -0.4 is 5.32 Å². The second-order valence-electron chi connectivity index (χ2n) is 5.47. The van der Waals surface area contributed by atoms with Gasteiger partial charge in [0.15, 0.2) is 0 Å². The maximum atomic E-state index is 12.4. The Labute approximate surface area is 122 Å². The average Bonchev–Trinajstić information content (AvgIpc) is 2.89. The minimum absolute atomic E-state index is 0.0782. The molecule has 20 heavy (non-hydrogen) atoms. The third-order valence-electron chi connectivity index (χ3n) is 4.08. The van der Waals surface area contributed by atoms with Crippen LogP contribution in [-0.2, 0) is 14.4 Å². The van der Waals surface area contributed by atoms with Gasteiger partial charge in [0, 0.05) is 20.0 Å². The van der Waals surface area contributed by atoms with Crippen LogP contribution in [0.2, 0.25) is 0 Å². The van der Waals surface area contributed by atoms with Crippen molar-refractivity contribution in [2.24, 2.45) is 17.8 Å². The van der Waals surface area contributed by atoms with Gasteiger partial charge in [-0.1, -0.05) is 0 Å². The molecule has 0 spiro atoms. The number of carbonyl (C=O) groups excluding carboxylic acids is 2. The molecule has 1 aliphatic heterocycles. The zero-order chi connectivity index (χ0) is 14.9. The molecule has 0 aromatic rings. The number of rotatable bonds is 6. The number of carboxylic acid groups (broad SMARTS) is 1. The van der Waals surface area contributed by atoms with Gasteiger partial charge in [-0.2, -0.15) is 11.8 Å². The largest absolute Gasteiger partial charge is 0.481 e. The maximum absolute atomic E-state index is 12.4. The van der Waals surface area contributed by atoms with Gasteiger partial charge in [0.25, 0.3) is 0 Å². The number of likely N-dealkylation sites (tertiary alicyclic amines) is 1. The number of piperidine rings is 1. The van der Waals surface area contributed by atoms with Gasteiger partial charge < -0.3 is 15.3 Å². The summed E-state index contributed by atoms with van der Waals surface area (Å²) < 4.78 is 0. The normalized spacial score (nSPS) is 28.7. The van der Waals surface area contributed by atoms with Crippen molar-refractivity contribution in [2.75, 3.05) is 25.1 Å². The Hall–Kier alpha value is -1.24. The number of amides is 2. The molecule has 2 aliphatic rings. The Morgan fingerprint density at radius 2 is 1.95 bits per heavy atom. The van der Waals surface area contributed by atoms with E-state index in [9.17, 15) is 14.4 Å². The van der Waals surface area contributed by atoms with Crippen LogP contribution in [0, 0.1) is 17.8 Å². The van der Waals surface area contributed by atoms with Gasteiger partial charge in [-0.05, 0) is 30.3 Å². The summed E-state index contributed by atoms with van der Waals surface area (Å²) in [4.78, 5) is 36.2. The highest BCUT2D eigenvalue weighted by Gasteiger charge is 2.60. The minimum Gasteiger partial charge on any atom is -0.481 e. The molecule has 0 radical (unpaired) electrons. The first-order valence-electron chi connectivity index (χ1n) is 6.73. The lowest BCUT2D eigenvalue weighted by atomic mass is 10.1. The van der Waals surface area contributed by atoms with Crippen LogP contribution >= 0.6 is 11.8 Å². The summed E-state index contributed by atoms with van der Waals surface area (Å²) in [7, 11) is 0. The van der Waals surface area contributed by atoms with Gasteiger partial charge in [-0.3, -0.25) is 14.4 Å². The summed E-state index contributed by atoms with van der Waals surface area (Å²) in [6.45, 7) is 2.42. The van der Waals surface area contributed by atoms with E-state index in [0.29, 0.717) is 19.5 Å². The highest BCUT2D eigenvalue weighted by Crippen LogP contribution is 2.51. The fourth-order valence-electron chi connectivity index (χ4n) is 3.03. The van der Waals surface area contributed by atoms with Crippen LogP contribution in [0.5, 0.6) is 0 Å². The summed E-state index contributed by atoms with van der Waals surface area (Å²) in [5.74, 6) is -0.306. The zero-order valence-corrected chi connectivity index (χ0v) is 12.5. The molecule has 112 valence electrons. The van der Waals surface area contributed by atoms with Crippen LogP contribution in [0.25, 0.3) is 0 Å². The molecule has 0 aromatic carbocycles. The molecule has 2 rings (SSSR count). The van der Waals surface area contributed by atoms with Crippen molar-refractivity contribution in [3.05, 3.63) is 0 Å². The Morgan fingerprint density at radius 1 is 1.35 bits per heavy atom. The van der Waals surface area contributed by atoms with Crippen molar-refractivity contribution < 1.29 is 19.5 Å².